The minimum Gasteiger partial charge on any atom is -0.337 e. The molecule has 0 spiro atoms. The lowest BCUT2D eigenvalue weighted by atomic mass is 10.0. The lowest BCUT2D eigenvalue weighted by Gasteiger charge is -2.24. The minimum atomic E-state index is 0.120. The quantitative estimate of drug-likeness (QED) is 0.824. The zero-order valence-electron chi connectivity index (χ0n) is 10.4. The van der Waals surface area contributed by atoms with E-state index in [0.717, 1.165) is 29.2 Å². The Hall–Kier alpha value is -1.20. The Morgan fingerprint density at radius 2 is 2.29 bits per heavy atom. The molecule has 1 fully saturated rings. The van der Waals surface area contributed by atoms with Crippen LogP contribution in [0.25, 0.3) is 0 Å². The van der Waals surface area contributed by atoms with Gasteiger partial charge in [0, 0.05) is 30.6 Å². The van der Waals surface area contributed by atoms with Crippen LogP contribution in [0.5, 0.6) is 0 Å². The summed E-state index contributed by atoms with van der Waals surface area (Å²) in [6, 6.07) is 0. The average molecular weight is 251 g/mol. The number of aryl methyl sites for hydroxylation is 1. The van der Waals surface area contributed by atoms with Gasteiger partial charge in [0.1, 0.15) is 0 Å². The van der Waals surface area contributed by atoms with Gasteiger partial charge >= 0.3 is 0 Å². The van der Waals surface area contributed by atoms with Gasteiger partial charge in [0.2, 0.25) is 5.91 Å². The van der Waals surface area contributed by atoms with Crippen molar-refractivity contribution in [2.24, 2.45) is 0 Å². The third-order valence-corrected chi connectivity index (χ3v) is 4.02. The highest BCUT2D eigenvalue weighted by atomic mass is 32.1. The first-order valence-electron chi connectivity index (χ1n) is 5.63. The molecule has 0 atom stereocenters. The summed E-state index contributed by atoms with van der Waals surface area (Å²) in [7, 11) is 1.84. The van der Waals surface area contributed by atoms with E-state index in [0.29, 0.717) is 6.54 Å². The number of hydrogen-bond donors (Lipinski definition) is 1. The number of carbonyl (C=O) groups is 1. The molecule has 0 saturated carbocycles. The van der Waals surface area contributed by atoms with E-state index in [-0.39, 0.29) is 5.91 Å². The number of nitrogens with one attached hydrogen (secondary N) is 1. The summed E-state index contributed by atoms with van der Waals surface area (Å²) in [6.07, 6.45) is 0. The van der Waals surface area contributed by atoms with Crippen molar-refractivity contribution in [1.82, 2.24) is 15.2 Å². The van der Waals surface area contributed by atoms with E-state index < -0.39 is 0 Å². The van der Waals surface area contributed by atoms with Crippen molar-refractivity contribution < 1.29 is 4.79 Å². The van der Waals surface area contributed by atoms with Crippen molar-refractivity contribution in [3.05, 3.63) is 27.2 Å². The Morgan fingerprint density at radius 3 is 2.76 bits per heavy atom. The monoisotopic (exact) mass is 251 g/mol. The topological polar surface area (TPSA) is 45.2 Å². The molecule has 1 N–H and O–H groups in total. The van der Waals surface area contributed by atoms with E-state index in [1.807, 2.05) is 26.4 Å². The highest BCUT2D eigenvalue weighted by Crippen LogP contribution is 2.17. The highest BCUT2D eigenvalue weighted by molar-refractivity contribution is 7.09. The van der Waals surface area contributed by atoms with Gasteiger partial charge in [-0.25, -0.2) is 4.98 Å². The van der Waals surface area contributed by atoms with Gasteiger partial charge in [-0.1, -0.05) is 0 Å². The Labute approximate surface area is 105 Å². The fourth-order valence-corrected chi connectivity index (χ4v) is 2.55. The van der Waals surface area contributed by atoms with E-state index in [2.05, 4.69) is 10.3 Å². The molecule has 2 heterocycles. The molecule has 17 heavy (non-hydrogen) atoms. The fraction of sp³-hybridized carbons (Fsp3) is 0.500. The van der Waals surface area contributed by atoms with Crippen molar-refractivity contribution in [1.29, 1.82) is 0 Å². The van der Waals surface area contributed by atoms with Crippen LogP contribution in [0.3, 0.4) is 0 Å². The van der Waals surface area contributed by atoms with Crippen LogP contribution in [0.15, 0.2) is 16.7 Å². The van der Waals surface area contributed by atoms with Crippen LogP contribution in [-0.2, 0) is 11.3 Å². The van der Waals surface area contributed by atoms with Crippen LogP contribution in [0.1, 0.15) is 17.5 Å². The number of carbonyl (C=O) groups excluding carboxylic acids is 1. The van der Waals surface area contributed by atoms with Crippen molar-refractivity contribution in [3.63, 3.8) is 0 Å². The molecule has 0 unspecified atom stereocenters. The average Bonchev–Trinajstić information content (AvgIpc) is 2.60. The third-order valence-electron chi connectivity index (χ3n) is 3.10. The standard InChI is InChI=1S/C12H17N3OS/c1-8(10-4-13-5-10)12(16)15(3)6-11-9(2)14-7-17-11/h7,13H,4-6H2,1-3H3. The van der Waals surface area contributed by atoms with Crippen LogP contribution in [0.4, 0.5) is 0 Å². The molecule has 0 aromatic carbocycles. The molecule has 92 valence electrons. The number of hydrogen-bond acceptors (Lipinski definition) is 4. The summed E-state index contributed by atoms with van der Waals surface area (Å²) < 4.78 is 0. The molecule has 0 radical (unpaired) electrons. The molecule has 0 aliphatic carbocycles. The maximum atomic E-state index is 12.1. The van der Waals surface area contributed by atoms with E-state index in [4.69, 9.17) is 0 Å². The van der Waals surface area contributed by atoms with Crippen molar-refractivity contribution in [3.8, 4) is 0 Å². The van der Waals surface area contributed by atoms with Gasteiger partial charge in [-0.3, -0.25) is 4.79 Å². The predicted molar refractivity (Wildman–Crippen MR) is 68.9 cm³/mol. The van der Waals surface area contributed by atoms with Crippen LogP contribution < -0.4 is 5.32 Å². The number of nitrogens with zero attached hydrogens (tertiary/aromatic N) is 2. The summed E-state index contributed by atoms with van der Waals surface area (Å²) >= 11 is 1.60. The highest BCUT2D eigenvalue weighted by Gasteiger charge is 2.19. The molecule has 0 bridgehead atoms. The summed E-state index contributed by atoms with van der Waals surface area (Å²) in [5.41, 5.74) is 4.95. The second-order valence-corrected chi connectivity index (χ2v) is 5.29. The molecule has 2 rings (SSSR count). The number of likely N-dealkylation sites (N-methyl/N-ethyl adjacent to an activating group) is 1. The van der Waals surface area contributed by atoms with Gasteiger partial charge in [0.05, 0.1) is 17.7 Å². The first-order valence-corrected chi connectivity index (χ1v) is 6.51. The molecule has 4 nitrogen and oxygen atoms in total. The zero-order valence-corrected chi connectivity index (χ0v) is 11.2. The Balaban J connectivity index is 2.03. The number of thiazole rings is 1. The van der Waals surface area contributed by atoms with Crippen LogP contribution in [-0.4, -0.2) is 35.9 Å². The molecular formula is C12H17N3OS. The molecular weight excluding hydrogens is 234 g/mol. The van der Waals surface area contributed by atoms with Gasteiger partial charge in [0.15, 0.2) is 0 Å². The summed E-state index contributed by atoms with van der Waals surface area (Å²) in [4.78, 5) is 19.3. The van der Waals surface area contributed by atoms with Gasteiger partial charge < -0.3 is 10.2 Å². The second kappa shape index (κ2) is 4.98. The first kappa shape index (κ1) is 12.3. The van der Waals surface area contributed by atoms with Crippen molar-refractivity contribution in [2.75, 3.05) is 20.1 Å². The number of amides is 1. The predicted octanol–water partition coefficient (Wildman–Crippen LogP) is 1.33. The molecule has 5 heteroatoms. The number of aromatic nitrogens is 1. The van der Waals surface area contributed by atoms with Crippen LogP contribution in [0, 0.1) is 6.92 Å². The lowest BCUT2D eigenvalue weighted by molar-refractivity contribution is -0.126. The Morgan fingerprint density at radius 1 is 1.59 bits per heavy atom. The van der Waals surface area contributed by atoms with E-state index in [9.17, 15) is 4.79 Å². The summed E-state index contributed by atoms with van der Waals surface area (Å²) in [5, 5.41) is 3.15. The number of rotatable bonds is 3. The lowest BCUT2D eigenvalue weighted by Crippen LogP contribution is -2.38. The largest absolute Gasteiger partial charge is 0.337 e. The van der Waals surface area contributed by atoms with Crippen molar-refractivity contribution >= 4 is 17.2 Å². The maximum Gasteiger partial charge on any atom is 0.249 e. The molecule has 1 aromatic rings. The normalized spacial score (nSPS) is 14.4. The molecule has 1 aliphatic rings. The van der Waals surface area contributed by atoms with Gasteiger partial charge in [-0.05, 0) is 19.4 Å². The van der Waals surface area contributed by atoms with Crippen molar-refractivity contribution in [2.45, 2.75) is 20.4 Å². The van der Waals surface area contributed by atoms with E-state index in [1.165, 1.54) is 5.57 Å². The van der Waals surface area contributed by atoms with E-state index in [1.54, 1.807) is 16.2 Å². The maximum absolute atomic E-state index is 12.1. The Bertz CT molecular complexity index is 458. The molecule has 1 saturated heterocycles. The smallest absolute Gasteiger partial charge is 0.249 e. The Kier molecular flexibility index (Phi) is 3.59. The SMILES string of the molecule is CC(C(=O)N(C)Cc1scnc1C)=C1CNC1. The minimum absolute atomic E-state index is 0.120. The van der Waals surface area contributed by atoms with Gasteiger partial charge in [0.25, 0.3) is 0 Å². The van der Waals surface area contributed by atoms with Crippen LogP contribution in [0.2, 0.25) is 0 Å². The van der Waals surface area contributed by atoms with Gasteiger partial charge in [-0.15, -0.1) is 11.3 Å². The summed E-state index contributed by atoms with van der Waals surface area (Å²) in [6.45, 7) is 6.24. The second-order valence-electron chi connectivity index (χ2n) is 4.35. The van der Waals surface area contributed by atoms with Crippen LogP contribution >= 0.6 is 11.3 Å². The molecule has 1 aromatic heterocycles. The van der Waals surface area contributed by atoms with E-state index >= 15 is 0 Å². The molecule has 1 amide bonds. The zero-order chi connectivity index (χ0) is 12.4. The first-order chi connectivity index (χ1) is 8.09. The summed E-state index contributed by atoms with van der Waals surface area (Å²) in [5.74, 6) is 0.120. The molecule has 1 aliphatic heterocycles. The third kappa shape index (κ3) is 2.56. The fourth-order valence-electron chi connectivity index (χ4n) is 1.72. The van der Waals surface area contributed by atoms with Gasteiger partial charge in [-0.2, -0.15) is 0 Å².